The van der Waals surface area contributed by atoms with E-state index in [-0.39, 0.29) is 5.69 Å². The Labute approximate surface area is 90.9 Å². The van der Waals surface area contributed by atoms with Gasteiger partial charge in [0.25, 0.3) is 0 Å². The third-order valence-electron chi connectivity index (χ3n) is 1.95. The molecule has 0 bridgehead atoms. The van der Waals surface area contributed by atoms with Crippen LogP contribution in [-0.2, 0) is 4.74 Å². The summed E-state index contributed by atoms with van der Waals surface area (Å²) in [5.41, 5.74) is 1.58. The molecule has 0 atom stereocenters. The number of aromatic amines is 1. The van der Waals surface area contributed by atoms with Crippen molar-refractivity contribution < 1.29 is 9.53 Å². The lowest BCUT2D eigenvalue weighted by molar-refractivity contribution is 0.0594. The number of carbonyl (C=O) groups excluding carboxylic acids is 1. The van der Waals surface area contributed by atoms with Crippen LogP contribution in [-0.4, -0.2) is 38.7 Å². The Bertz CT molecular complexity index is 509. The lowest BCUT2D eigenvalue weighted by Gasteiger charge is -2.02. The molecule has 2 heterocycles. The van der Waals surface area contributed by atoms with E-state index < -0.39 is 5.97 Å². The van der Waals surface area contributed by atoms with E-state index in [1.54, 1.807) is 19.1 Å². The number of aromatic nitrogens is 5. The van der Waals surface area contributed by atoms with Gasteiger partial charge in [0.15, 0.2) is 0 Å². The number of rotatable bonds is 2. The van der Waals surface area contributed by atoms with Gasteiger partial charge in [0.1, 0.15) is 5.69 Å². The zero-order valence-corrected chi connectivity index (χ0v) is 8.76. The van der Waals surface area contributed by atoms with Gasteiger partial charge in [-0.25, -0.2) is 9.78 Å². The van der Waals surface area contributed by atoms with Crippen molar-refractivity contribution >= 4 is 5.97 Å². The number of H-pyrrole nitrogens is 1. The molecule has 0 saturated carbocycles. The van der Waals surface area contributed by atoms with Crippen molar-refractivity contribution in [3.05, 3.63) is 23.5 Å². The van der Waals surface area contributed by atoms with Gasteiger partial charge < -0.3 is 4.74 Å². The molecule has 0 aliphatic carbocycles. The van der Waals surface area contributed by atoms with Crippen molar-refractivity contribution in [1.82, 2.24) is 25.6 Å². The van der Waals surface area contributed by atoms with Crippen molar-refractivity contribution in [2.45, 2.75) is 6.92 Å². The smallest absolute Gasteiger partial charge is 0.356 e. The van der Waals surface area contributed by atoms with Gasteiger partial charge in [-0.1, -0.05) is 0 Å². The molecule has 2 aromatic heterocycles. The zero-order valence-electron chi connectivity index (χ0n) is 8.76. The van der Waals surface area contributed by atoms with Gasteiger partial charge in [0, 0.05) is 11.3 Å². The molecule has 1 N–H and O–H groups in total. The van der Waals surface area contributed by atoms with Crippen LogP contribution in [0.2, 0.25) is 0 Å². The van der Waals surface area contributed by atoms with E-state index in [0.717, 1.165) is 0 Å². The van der Waals surface area contributed by atoms with Crippen LogP contribution in [0.25, 0.3) is 11.4 Å². The van der Waals surface area contributed by atoms with Gasteiger partial charge in [-0.2, -0.15) is 5.21 Å². The molecule has 82 valence electrons. The molecule has 0 amide bonds. The normalized spacial score (nSPS) is 10.1. The van der Waals surface area contributed by atoms with E-state index in [1.807, 2.05) is 0 Å². The predicted molar refractivity (Wildman–Crippen MR) is 53.5 cm³/mol. The molecule has 0 aromatic carbocycles. The average molecular weight is 219 g/mol. The molecular formula is C9H9N5O2. The Morgan fingerprint density at radius 1 is 1.44 bits per heavy atom. The van der Waals surface area contributed by atoms with Crippen LogP contribution in [0.3, 0.4) is 0 Å². The number of esters is 1. The molecule has 0 aliphatic heterocycles. The number of nitrogens with one attached hydrogen (secondary N) is 1. The molecule has 0 radical (unpaired) electrons. The van der Waals surface area contributed by atoms with Gasteiger partial charge in [0.05, 0.1) is 7.11 Å². The highest BCUT2D eigenvalue weighted by molar-refractivity contribution is 5.88. The van der Waals surface area contributed by atoms with Crippen molar-refractivity contribution in [3.8, 4) is 11.4 Å². The van der Waals surface area contributed by atoms with Gasteiger partial charge >= 0.3 is 5.97 Å². The first-order valence-corrected chi connectivity index (χ1v) is 4.51. The van der Waals surface area contributed by atoms with Crippen LogP contribution in [0.5, 0.6) is 0 Å². The SMILES string of the molecule is COC(=O)c1cc(-c2nn[nH]n2)cc(C)n1. The quantitative estimate of drug-likeness (QED) is 0.733. The predicted octanol–water partition coefficient (Wildman–Crippen LogP) is 0.357. The molecule has 0 aliphatic rings. The van der Waals surface area contributed by atoms with Crippen LogP contribution in [0.15, 0.2) is 12.1 Å². The highest BCUT2D eigenvalue weighted by Gasteiger charge is 2.12. The Kier molecular flexibility index (Phi) is 2.59. The minimum Gasteiger partial charge on any atom is -0.464 e. The maximum atomic E-state index is 11.3. The van der Waals surface area contributed by atoms with Crippen LogP contribution < -0.4 is 0 Å². The molecule has 7 heteroatoms. The van der Waals surface area contributed by atoms with Gasteiger partial charge in [0.2, 0.25) is 5.82 Å². The summed E-state index contributed by atoms with van der Waals surface area (Å²) in [7, 11) is 1.31. The summed E-state index contributed by atoms with van der Waals surface area (Å²) in [4.78, 5) is 15.4. The summed E-state index contributed by atoms with van der Waals surface area (Å²) in [6.07, 6.45) is 0. The number of carbonyl (C=O) groups is 1. The topological polar surface area (TPSA) is 93.7 Å². The van der Waals surface area contributed by atoms with Crippen molar-refractivity contribution in [1.29, 1.82) is 0 Å². The van der Waals surface area contributed by atoms with Gasteiger partial charge in [-0.3, -0.25) is 0 Å². The van der Waals surface area contributed by atoms with Crippen molar-refractivity contribution in [3.63, 3.8) is 0 Å². The highest BCUT2D eigenvalue weighted by atomic mass is 16.5. The van der Waals surface area contributed by atoms with Gasteiger partial charge in [-0.05, 0) is 24.3 Å². The first kappa shape index (κ1) is 10.2. The lowest BCUT2D eigenvalue weighted by Crippen LogP contribution is -2.05. The fourth-order valence-corrected chi connectivity index (χ4v) is 1.29. The average Bonchev–Trinajstić information content (AvgIpc) is 2.80. The van der Waals surface area contributed by atoms with E-state index >= 15 is 0 Å². The summed E-state index contributed by atoms with van der Waals surface area (Å²) in [6, 6.07) is 3.32. The molecule has 0 spiro atoms. The minimum atomic E-state index is -0.492. The van der Waals surface area contributed by atoms with E-state index in [2.05, 4.69) is 30.3 Å². The fraction of sp³-hybridized carbons (Fsp3) is 0.222. The molecule has 0 fully saturated rings. The summed E-state index contributed by atoms with van der Waals surface area (Å²) >= 11 is 0. The second kappa shape index (κ2) is 4.05. The Hall–Kier alpha value is -2.31. The summed E-state index contributed by atoms with van der Waals surface area (Å²) in [5, 5.41) is 13.4. The Balaban J connectivity index is 2.48. The Morgan fingerprint density at radius 3 is 2.88 bits per heavy atom. The first-order valence-electron chi connectivity index (χ1n) is 4.51. The minimum absolute atomic E-state index is 0.224. The van der Waals surface area contributed by atoms with Crippen LogP contribution in [0.1, 0.15) is 16.2 Å². The molecule has 2 rings (SSSR count). The van der Waals surface area contributed by atoms with E-state index in [9.17, 15) is 4.79 Å². The largest absolute Gasteiger partial charge is 0.464 e. The van der Waals surface area contributed by atoms with Crippen LogP contribution >= 0.6 is 0 Å². The molecule has 16 heavy (non-hydrogen) atoms. The van der Waals surface area contributed by atoms with Gasteiger partial charge in [-0.15, -0.1) is 10.2 Å². The number of nitrogens with zero attached hydrogens (tertiary/aromatic N) is 4. The van der Waals surface area contributed by atoms with E-state index in [0.29, 0.717) is 17.1 Å². The molecule has 7 nitrogen and oxygen atoms in total. The third-order valence-corrected chi connectivity index (χ3v) is 1.95. The monoisotopic (exact) mass is 219 g/mol. The van der Waals surface area contributed by atoms with Crippen molar-refractivity contribution in [2.75, 3.05) is 7.11 Å². The number of tetrazole rings is 1. The maximum Gasteiger partial charge on any atom is 0.356 e. The summed E-state index contributed by atoms with van der Waals surface area (Å²) in [5.74, 6) is -0.0795. The molecular weight excluding hydrogens is 210 g/mol. The van der Waals surface area contributed by atoms with Crippen LogP contribution in [0, 0.1) is 6.92 Å². The second-order valence-electron chi connectivity index (χ2n) is 3.11. The summed E-state index contributed by atoms with van der Waals surface area (Å²) in [6.45, 7) is 1.77. The standard InChI is InChI=1S/C9H9N5O2/c1-5-3-6(8-11-13-14-12-8)4-7(10-5)9(15)16-2/h3-4H,1-2H3,(H,11,12,13,14). The zero-order chi connectivity index (χ0) is 11.5. The summed E-state index contributed by atoms with van der Waals surface area (Å²) < 4.78 is 4.60. The number of aryl methyl sites for hydroxylation is 1. The molecule has 0 saturated heterocycles. The van der Waals surface area contributed by atoms with E-state index in [4.69, 9.17) is 0 Å². The number of pyridine rings is 1. The number of methoxy groups -OCH3 is 1. The maximum absolute atomic E-state index is 11.3. The fourth-order valence-electron chi connectivity index (χ4n) is 1.29. The number of hydrogen-bond donors (Lipinski definition) is 1. The first-order chi connectivity index (χ1) is 7.70. The third kappa shape index (κ3) is 1.88. The lowest BCUT2D eigenvalue weighted by atomic mass is 10.2. The molecule has 0 unspecified atom stereocenters. The Morgan fingerprint density at radius 2 is 2.25 bits per heavy atom. The highest BCUT2D eigenvalue weighted by Crippen LogP contribution is 2.15. The van der Waals surface area contributed by atoms with Crippen LogP contribution in [0.4, 0.5) is 0 Å². The number of hydrogen-bond acceptors (Lipinski definition) is 6. The molecule has 2 aromatic rings. The number of ether oxygens (including phenoxy) is 1. The van der Waals surface area contributed by atoms with E-state index in [1.165, 1.54) is 7.11 Å². The van der Waals surface area contributed by atoms with Crippen molar-refractivity contribution in [2.24, 2.45) is 0 Å². The second-order valence-corrected chi connectivity index (χ2v) is 3.11.